The molecule has 0 amide bonds. The summed E-state index contributed by atoms with van der Waals surface area (Å²) in [6, 6.07) is 7.03. The van der Waals surface area contributed by atoms with Crippen LogP contribution in [-0.2, 0) is 6.42 Å². The molecule has 0 fully saturated rings. The van der Waals surface area contributed by atoms with Gasteiger partial charge in [0.25, 0.3) is 0 Å². The zero-order chi connectivity index (χ0) is 12.7. The largest absolute Gasteiger partial charge is 0.493 e. The van der Waals surface area contributed by atoms with Crippen LogP contribution in [0, 0.1) is 0 Å². The SMILES string of the molecule is OCCc1ccccc1OCCCC(F)(F)F. The second kappa shape index (κ2) is 6.49. The van der Waals surface area contributed by atoms with E-state index in [0.717, 1.165) is 5.56 Å². The molecule has 0 aliphatic rings. The van der Waals surface area contributed by atoms with Crippen LogP contribution in [0.25, 0.3) is 0 Å². The fourth-order valence-corrected chi connectivity index (χ4v) is 1.43. The number of rotatable bonds is 6. The van der Waals surface area contributed by atoms with Crippen molar-refractivity contribution >= 4 is 0 Å². The molecule has 0 saturated carbocycles. The summed E-state index contributed by atoms with van der Waals surface area (Å²) in [7, 11) is 0. The summed E-state index contributed by atoms with van der Waals surface area (Å²) in [5.74, 6) is 0.545. The van der Waals surface area contributed by atoms with Gasteiger partial charge in [-0.3, -0.25) is 0 Å². The van der Waals surface area contributed by atoms with Crippen molar-refractivity contribution < 1.29 is 23.0 Å². The molecule has 1 aromatic carbocycles. The molecule has 0 unspecified atom stereocenters. The Hall–Kier alpha value is -1.23. The molecule has 0 atom stereocenters. The van der Waals surface area contributed by atoms with Crippen LogP contribution >= 0.6 is 0 Å². The first kappa shape index (κ1) is 13.8. The fraction of sp³-hybridized carbons (Fsp3) is 0.500. The Balaban J connectivity index is 2.41. The average Bonchev–Trinajstić information content (AvgIpc) is 2.25. The average molecular weight is 248 g/mol. The lowest BCUT2D eigenvalue weighted by Gasteiger charge is -2.11. The van der Waals surface area contributed by atoms with Crippen molar-refractivity contribution in [1.29, 1.82) is 0 Å². The maximum Gasteiger partial charge on any atom is 0.389 e. The van der Waals surface area contributed by atoms with Crippen molar-refractivity contribution in [2.45, 2.75) is 25.4 Å². The van der Waals surface area contributed by atoms with Gasteiger partial charge in [0.2, 0.25) is 0 Å². The zero-order valence-corrected chi connectivity index (χ0v) is 9.33. The van der Waals surface area contributed by atoms with Gasteiger partial charge in [0, 0.05) is 13.0 Å². The van der Waals surface area contributed by atoms with Crippen molar-refractivity contribution in [2.75, 3.05) is 13.2 Å². The third-order valence-electron chi connectivity index (χ3n) is 2.22. The highest BCUT2D eigenvalue weighted by molar-refractivity contribution is 5.33. The summed E-state index contributed by atoms with van der Waals surface area (Å²) in [6.07, 6.45) is -4.59. The summed E-state index contributed by atoms with van der Waals surface area (Å²) >= 11 is 0. The second-order valence-corrected chi connectivity index (χ2v) is 3.65. The molecule has 1 aromatic rings. The van der Waals surface area contributed by atoms with Crippen molar-refractivity contribution in [3.05, 3.63) is 29.8 Å². The molecule has 96 valence electrons. The van der Waals surface area contributed by atoms with Crippen LogP contribution in [0.1, 0.15) is 18.4 Å². The van der Waals surface area contributed by atoms with E-state index in [4.69, 9.17) is 9.84 Å². The van der Waals surface area contributed by atoms with Gasteiger partial charge < -0.3 is 9.84 Å². The number of aliphatic hydroxyl groups excluding tert-OH is 1. The quantitative estimate of drug-likeness (QED) is 0.784. The third-order valence-corrected chi connectivity index (χ3v) is 2.22. The topological polar surface area (TPSA) is 29.5 Å². The molecule has 17 heavy (non-hydrogen) atoms. The molecule has 0 aliphatic heterocycles. The number of halogens is 3. The summed E-state index contributed by atoms with van der Waals surface area (Å²) < 4.78 is 41.0. The van der Waals surface area contributed by atoms with Gasteiger partial charge in [-0.15, -0.1) is 0 Å². The van der Waals surface area contributed by atoms with E-state index >= 15 is 0 Å². The molecular weight excluding hydrogens is 233 g/mol. The fourth-order valence-electron chi connectivity index (χ4n) is 1.43. The highest BCUT2D eigenvalue weighted by Gasteiger charge is 2.26. The summed E-state index contributed by atoms with van der Waals surface area (Å²) in [5, 5.41) is 8.82. The van der Waals surface area contributed by atoms with Gasteiger partial charge in [-0.25, -0.2) is 0 Å². The van der Waals surface area contributed by atoms with E-state index in [1.165, 1.54) is 0 Å². The van der Waals surface area contributed by atoms with Gasteiger partial charge in [0.15, 0.2) is 0 Å². The normalized spacial score (nSPS) is 11.5. The summed E-state index contributed by atoms with van der Waals surface area (Å²) in [5.41, 5.74) is 0.807. The van der Waals surface area contributed by atoms with E-state index in [0.29, 0.717) is 12.2 Å². The van der Waals surface area contributed by atoms with Crippen LogP contribution in [0.3, 0.4) is 0 Å². The monoisotopic (exact) mass is 248 g/mol. The van der Waals surface area contributed by atoms with Gasteiger partial charge in [0.1, 0.15) is 5.75 Å². The Kier molecular flexibility index (Phi) is 5.28. The van der Waals surface area contributed by atoms with Crippen LogP contribution in [-0.4, -0.2) is 24.5 Å². The summed E-state index contributed by atoms with van der Waals surface area (Å²) in [6.45, 7) is 0.0187. The molecule has 0 radical (unpaired) electrons. The minimum absolute atomic E-state index is 0.0110. The van der Waals surface area contributed by atoms with Crippen molar-refractivity contribution in [1.82, 2.24) is 0 Å². The van der Waals surface area contributed by atoms with E-state index in [9.17, 15) is 13.2 Å². The Bertz CT molecular complexity index is 337. The number of benzene rings is 1. The van der Waals surface area contributed by atoms with Crippen LogP contribution in [0.2, 0.25) is 0 Å². The Labute approximate surface area is 98.0 Å². The number of hydrogen-bond acceptors (Lipinski definition) is 2. The second-order valence-electron chi connectivity index (χ2n) is 3.65. The lowest BCUT2D eigenvalue weighted by Crippen LogP contribution is -2.10. The molecule has 0 bridgehead atoms. The predicted octanol–water partition coefficient (Wildman–Crippen LogP) is 2.94. The molecule has 0 heterocycles. The highest BCUT2D eigenvalue weighted by Crippen LogP contribution is 2.22. The zero-order valence-electron chi connectivity index (χ0n) is 9.33. The highest BCUT2D eigenvalue weighted by atomic mass is 19.4. The van der Waals surface area contributed by atoms with E-state index in [-0.39, 0.29) is 19.6 Å². The molecule has 0 aromatic heterocycles. The van der Waals surface area contributed by atoms with Crippen LogP contribution in [0.5, 0.6) is 5.75 Å². The number of alkyl halides is 3. The standard InChI is InChI=1S/C12H15F3O2/c13-12(14,15)7-3-9-17-11-5-2-1-4-10(11)6-8-16/h1-2,4-5,16H,3,6-9H2. The summed E-state index contributed by atoms with van der Waals surface area (Å²) in [4.78, 5) is 0. The maximum absolute atomic E-state index is 11.9. The first-order valence-electron chi connectivity index (χ1n) is 5.41. The van der Waals surface area contributed by atoms with Crippen LogP contribution in [0.15, 0.2) is 24.3 Å². The molecule has 0 aliphatic carbocycles. The van der Waals surface area contributed by atoms with Gasteiger partial charge in [-0.1, -0.05) is 18.2 Å². The van der Waals surface area contributed by atoms with Crippen LogP contribution in [0.4, 0.5) is 13.2 Å². The molecule has 1 rings (SSSR count). The lowest BCUT2D eigenvalue weighted by atomic mass is 10.1. The van der Waals surface area contributed by atoms with Gasteiger partial charge in [0.05, 0.1) is 6.61 Å². The Morgan fingerprint density at radius 2 is 1.88 bits per heavy atom. The van der Waals surface area contributed by atoms with Gasteiger partial charge in [-0.05, 0) is 24.5 Å². The molecule has 0 saturated heterocycles. The maximum atomic E-state index is 11.9. The minimum Gasteiger partial charge on any atom is -0.493 e. The molecule has 1 N–H and O–H groups in total. The van der Waals surface area contributed by atoms with E-state index in [1.54, 1.807) is 24.3 Å². The van der Waals surface area contributed by atoms with Crippen molar-refractivity contribution in [3.63, 3.8) is 0 Å². The minimum atomic E-state index is -4.13. The number of aliphatic hydroxyl groups is 1. The van der Waals surface area contributed by atoms with E-state index in [1.807, 2.05) is 0 Å². The first-order chi connectivity index (χ1) is 8.03. The van der Waals surface area contributed by atoms with Crippen molar-refractivity contribution in [2.24, 2.45) is 0 Å². The number of ether oxygens (including phenoxy) is 1. The van der Waals surface area contributed by atoms with Gasteiger partial charge >= 0.3 is 6.18 Å². The molecule has 5 heteroatoms. The molecular formula is C12H15F3O2. The van der Waals surface area contributed by atoms with Crippen molar-refractivity contribution in [3.8, 4) is 5.75 Å². The van der Waals surface area contributed by atoms with Crippen LogP contribution < -0.4 is 4.74 Å². The predicted molar refractivity (Wildman–Crippen MR) is 58.0 cm³/mol. The molecule has 2 nitrogen and oxygen atoms in total. The Morgan fingerprint density at radius 1 is 1.18 bits per heavy atom. The van der Waals surface area contributed by atoms with E-state index in [2.05, 4.69) is 0 Å². The lowest BCUT2D eigenvalue weighted by molar-refractivity contribution is -0.136. The molecule has 0 spiro atoms. The number of para-hydroxylation sites is 1. The van der Waals surface area contributed by atoms with E-state index < -0.39 is 12.6 Å². The number of hydrogen-bond donors (Lipinski definition) is 1. The third kappa shape index (κ3) is 5.58. The van der Waals surface area contributed by atoms with Gasteiger partial charge in [-0.2, -0.15) is 13.2 Å². The Morgan fingerprint density at radius 3 is 2.53 bits per heavy atom. The smallest absolute Gasteiger partial charge is 0.389 e. The first-order valence-corrected chi connectivity index (χ1v) is 5.41.